The highest BCUT2D eigenvalue weighted by atomic mass is 16.3. The van der Waals surface area contributed by atoms with Crippen molar-refractivity contribution in [1.82, 2.24) is 9.97 Å². The van der Waals surface area contributed by atoms with Crippen LogP contribution < -0.4 is 5.56 Å². The Morgan fingerprint density at radius 1 is 1.14 bits per heavy atom. The molecule has 3 aromatic rings. The lowest BCUT2D eigenvalue weighted by atomic mass is 10.0. The highest BCUT2D eigenvalue weighted by Crippen LogP contribution is 2.33. The standard InChI is InChI=1S/C17H16N2O2/c20-16-10-13(11-5-1-2-6-11)18-17(19-16)15-9-12-7-3-4-8-14(12)21-15/h3-4,7-11H,1-2,5-6H2,(H,18,19,20). The van der Waals surface area contributed by atoms with Gasteiger partial charge in [-0.25, -0.2) is 4.98 Å². The first kappa shape index (κ1) is 12.4. The minimum Gasteiger partial charge on any atom is -0.453 e. The van der Waals surface area contributed by atoms with Crippen LogP contribution in [0.15, 0.2) is 45.6 Å². The molecule has 0 unspecified atom stereocenters. The zero-order valence-electron chi connectivity index (χ0n) is 11.6. The quantitative estimate of drug-likeness (QED) is 0.775. The normalized spacial score (nSPS) is 15.8. The van der Waals surface area contributed by atoms with Crippen LogP contribution in [0.25, 0.3) is 22.6 Å². The molecular weight excluding hydrogens is 264 g/mol. The first-order valence-electron chi connectivity index (χ1n) is 7.40. The van der Waals surface area contributed by atoms with Gasteiger partial charge in [-0.15, -0.1) is 0 Å². The van der Waals surface area contributed by atoms with E-state index in [2.05, 4.69) is 9.97 Å². The average molecular weight is 280 g/mol. The molecular formula is C17H16N2O2. The van der Waals surface area contributed by atoms with E-state index in [1.165, 1.54) is 12.8 Å². The second-order valence-electron chi connectivity index (χ2n) is 5.65. The van der Waals surface area contributed by atoms with Crippen molar-refractivity contribution in [2.75, 3.05) is 0 Å². The third-order valence-corrected chi connectivity index (χ3v) is 4.19. The lowest BCUT2D eigenvalue weighted by Gasteiger charge is -2.08. The maximum absolute atomic E-state index is 11.9. The summed E-state index contributed by atoms with van der Waals surface area (Å²) >= 11 is 0. The van der Waals surface area contributed by atoms with E-state index in [1.54, 1.807) is 6.07 Å². The molecule has 0 aliphatic heterocycles. The summed E-state index contributed by atoms with van der Waals surface area (Å²) in [6.45, 7) is 0. The molecule has 0 atom stereocenters. The van der Waals surface area contributed by atoms with Gasteiger partial charge < -0.3 is 9.40 Å². The van der Waals surface area contributed by atoms with Crippen molar-refractivity contribution in [3.8, 4) is 11.6 Å². The first-order chi connectivity index (χ1) is 10.3. The zero-order valence-corrected chi connectivity index (χ0v) is 11.6. The van der Waals surface area contributed by atoms with Gasteiger partial charge in [0.1, 0.15) is 5.58 Å². The van der Waals surface area contributed by atoms with Crippen molar-refractivity contribution in [3.05, 3.63) is 52.4 Å². The molecule has 1 N–H and O–H groups in total. The SMILES string of the molecule is O=c1cc(C2CCCC2)nc(-c2cc3ccccc3o2)[nH]1. The molecule has 1 aromatic carbocycles. The fourth-order valence-electron chi connectivity index (χ4n) is 3.12. The number of aromatic amines is 1. The Balaban J connectivity index is 1.81. The maximum Gasteiger partial charge on any atom is 0.251 e. The second-order valence-corrected chi connectivity index (χ2v) is 5.65. The Bertz CT molecular complexity index is 808. The van der Waals surface area contributed by atoms with Gasteiger partial charge in [0.05, 0.1) is 5.69 Å². The van der Waals surface area contributed by atoms with E-state index >= 15 is 0 Å². The Labute approximate surface area is 121 Å². The van der Waals surface area contributed by atoms with Gasteiger partial charge in [0, 0.05) is 17.4 Å². The molecule has 1 fully saturated rings. The van der Waals surface area contributed by atoms with Crippen LogP contribution in [0.3, 0.4) is 0 Å². The summed E-state index contributed by atoms with van der Waals surface area (Å²) in [4.78, 5) is 19.3. The number of para-hydroxylation sites is 1. The first-order valence-corrected chi connectivity index (χ1v) is 7.40. The van der Waals surface area contributed by atoms with Gasteiger partial charge in [0.2, 0.25) is 0 Å². The van der Waals surface area contributed by atoms with Crippen LogP contribution in [0.5, 0.6) is 0 Å². The van der Waals surface area contributed by atoms with Gasteiger partial charge in [-0.1, -0.05) is 31.0 Å². The van der Waals surface area contributed by atoms with Crippen LogP contribution in [-0.4, -0.2) is 9.97 Å². The Kier molecular flexibility index (Phi) is 2.88. The minimum atomic E-state index is -0.109. The summed E-state index contributed by atoms with van der Waals surface area (Å²) in [5.41, 5.74) is 1.59. The summed E-state index contributed by atoms with van der Waals surface area (Å²) in [6, 6.07) is 11.3. The van der Waals surface area contributed by atoms with E-state index in [9.17, 15) is 4.79 Å². The van der Waals surface area contributed by atoms with Crippen LogP contribution in [0.2, 0.25) is 0 Å². The Morgan fingerprint density at radius 2 is 1.95 bits per heavy atom. The van der Waals surface area contributed by atoms with Crippen LogP contribution in [0.1, 0.15) is 37.3 Å². The molecule has 106 valence electrons. The van der Waals surface area contributed by atoms with E-state index in [0.29, 0.717) is 17.5 Å². The lowest BCUT2D eigenvalue weighted by molar-refractivity contribution is 0.620. The smallest absolute Gasteiger partial charge is 0.251 e. The van der Waals surface area contributed by atoms with Gasteiger partial charge in [-0.05, 0) is 25.0 Å². The number of nitrogens with zero attached hydrogens (tertiary/aromatic N) is 1. The molecule has 1 saturated carbocycles. The van der Waals surface area contributed by atoms with Crippen LogP contribution in [0, 0.1) is 0 Å². The highest BCUT2D eigenvalue weighted by molar-refractivity contribution is 5.81. The van der Waals surface area contributed by atoms with Crippen molar-refractivity contribution >= 4 is 11.0 Å². The van der Waals surface area contributed by atoms with Gasteiger partial charge in [-0.2, -0.15) is 0 Å². The fraction of sp³-hybridized carbons (Fsp3) is 0.294. The molecule has 1 aliphatic rings. The lowest BCUT2D eigenvalue weighted by Crippen LogP contribution is -2.11. The van der Waals surface area contributed by atoms with E-state index in [1.807, 2.05) is 30.3 Å². The molecule has 0 amide bonds. The van der Waals surface area contributed by atoms with Gasteiger partial charge >= 0.3 is 0 Å². The molecule has 21 heavy (non-hydrogen) atoms. The third-order valence-electron chi connectivity index (χ3n) is 4.19. The molecule has 4 heteroatoms. The number of hydrogen-bond donors (Lipinski definition) is 1. The summed E-state index contributed by atoms with van der Waals surface area (Å²) in [5.74, 6) is 1.56. The molecule has 2 aromatic heterocycles. The molecule has 2 heterocycles. The summed E-state index contributed by atoms with van der Waals surface area (Å²) in [5, 5.41) is 1.02. The molecule has 0 spiro atoms. The van der Waals surface area contributed by atoms with Crippen molar-refractivity contribution in [2.45, 2.75) is 31.6 Å². The fourth-order valence-corrected chi connectivity index (χ4v) is 3.12. The minimum absolute atomic E-state index is 0.109. The Morgan fingerprint density at radius 3 is 2.76 bits per heavy atom. The predicted molar refractivity (Wildman–Crippen MR) is 81.3 cm³/mol. The number of rotatable bonds is 2. The average Bonchev–Trinajstić information content (AvgIpc) is 3.16. The van der Waals surface area contributed by atoms with E-state index in [4.69, 9.17) is 4.42 Å². The number of hydrogen-bond acceptors (Lipinski definition) is 3. The van der Waals surface area contributed by atoms with Crippen molar-refractivity contribution in [3.63, 3.8) is 0 Å². The topological polar surface area (TPSA) is 58.9 Å². The van der Waals surface area contributed by atoms with E-state index in [-0.39, 0.29) is 5.56 Å². The highest BCUT2D eigenvalue weighted by Gasteiger charge is 2.20. The van der Waals surface area contributed by atoms with Gasteiger partial charge in [0.25, 0.3) is 5.56 Å². The molecule has 0 radical (unpaired) electrons. The molecule has 0 saturated heterocycles. The number of aromatic nitrogens is 2. The van der Waals surface area contributed by atoms with Crippen molar-refractivity contribution in [2.24, 2.45) is 0 Å². The monoisotopic (exact) mass is 280 g/mol. The number of H-pyrrole nitrogens is 1. The number of furan rings is 1. The van der Waals surface area contributed by atoms with Gasteiger partial charge in [-0.3, -0.25) is 4.79 Å². The number of fused-ring (bicyclic) bond motifs is 1. The van der Waals surface area contributed by atoms with E-state index < -0.39 is 0 Å². The largest absolute Gasteiger partial charge is 0.453 e. The van der Waals surface area contributed by atoms with Crippen LogP contribution >= 0.6 is 0 Å². The molecule has 0 bridgehead atoms. The summed E-state index contributed by atoms with van der Waals surface area (Å²) in [7, 11) is 0. The van der Waals surface area contributed by atoms with Crippen molar-refractivity contribution in [1.29, 1.82) is 0 Å². The summed E-state index contributed by atoms with van der Waals surface area (Å²) < 4.78 is 5.79. The molecule has 4 nitrogen and oxygen atoms in total. The van der Waals surface area contributed by atoms with Crippen LogP contribution in [-0.2, 0) is 0 Å². The number of benzene rings is 1. The zero-order chi connectivity index (χ0) is 14.2. The Hall–Kier alpha value is -2.36. The summed E-state index contributed by atoms with van der Waals surface area (Å²) in [6.07, 6.45) is 4.68. The molecule has 4 rings (SSSR count). The second kappa shape index (κ2) is 4.88. The third kappa shape index (κ3) is 2.27. The van der Waals surface area contributed by atoms with E-state index in [0.717, 1.165) is 29.5 Å². The van der Waals surface area contributed by atoms with Crippen LogP contribution in [0.4, 0.5) is 0 Å². The predicted octanol–water partition coefficient (Wildman–Crippen LogP) is 3.84. The van der Waals surface area contributed by atoms with Gasteiger partial charge in [0.15, 0.2) is 11.6 Å². The maximum atomic E-state index is 11.9. The van der Waals surface area contributed by atoms with Crippen molar-refractivity contribution < 1.29 is 4.42 Å². The molecule has 1 aliphatic carbocycles. The number of nitrogens with one attached hydrogen (secondary N) is 1.